The Morgan fingerprint density at radius 3 is 2.43 bits per heavy atom. The number of aromatic hydroxyl groups is 2. The van der Waals surface area contributed by atoms with E-state index in [9.17, 15) is 48.5 Å². The number of fused-ring (bicyclic) bond motifs is 3. The Labute approximate surface area is 322 Å². The maximum atomic E-state index is 13.9. The van der Waals surface area contributed by atoms with E-state index in [0.29, 0.717) is 0 Å². The van der Waals surface area contributed by atoms with Gasteiger partial charge < -0.3 is 39.4 Å². The van der Waals surface area contributed by atoms with Gasteiger partial charge in [0, 0.05) is 42.0 Å². The third-order valence-electron chi connectivity index (χ3n) is 10.4. The number of carbonyl (C=O) groups is 3. The van der Waals surface area contributed by atoms with Crippen LogP contribution in [-0.4, -0.2) is 109 Å². The number of nitrogens with one attached hydrogen (secondary N) is 1. The summed E-state index contributed by atoms with van der Waals surface area (Å²) in [6, 6.07) is 10.7. The molecule has 17 heteroatoms. The minimum absolute atomic E-state index is 0.0110. The van der Waals surface area contributed by atoms with Crippen LogP contribution in [0.5, 0.6) is 17.2 Å². The van der Waals surface area contributed by atoms with Crippen molar-refractivity contribution in [2.24, 2.45) is 0 Å². The topological polar surface area (TPSA) is 248 Å². The summed E-state index contributed by atoms with van der Waals surface area (Å²) in [5.41, 5.74) is -2.70. The van der Waals surface area contributed by atoms with Gasteiger partial charge in [0.25, 0.3) is 10.1 Å². The van der Waals surface area contributed by atoms with Crippen molar-refractivity contribution in [1.29, 1.82) is 5.26 Å². The van der Waals surface area contributed by atoms with Crippen LogP contribution in [0.3, 0.4) is 0 Å². The molecule has 1 saturated heterocycles. The van der Waals surface area contributed by atoms with Gasteiger partial charge in [-0.25, -0.2) is 0 Å². The molecule has 6 rings (SSSR count). The number of benzene rings is 3. The first-order valence-corrected chi connectivity index (χ1v) is 19.2. The largest absolute Gasteiger partial charge is 0.507 e. The molecule has 56 heavy (non-hydrogen) atoms. The maximum absolute atomic E-state index is 13.9. The van der Waals surface area contributed by atoms with Crippen LogP contribution in [0, 0.1) is 18.3 Å². The first-order valence-electron chi connectivity index (χ1n) is 17.8. The highest BCUT2D eigenvalue weighted by Gasteiger charge is 2.49. The van der Waals surface area contributed by atoms with E-state index in [1.807, 2.05) is 13.0 Å². The Bertz CT molecular complexity index is 2200. The van der Waals surface area contributed by atoms with Gasteiger partial charge in [-0.3, -0.25) is 23.9 Å². The fraction of sp³-hybridized carbons (Fsp3) is 0.436. The number of hydrogen-bond donors (Lipinski definition) is 5. The van der Waals surface area contributed by atoms with E-state index in [-0.39, 0.29) is 59.1 Å². The van der Waals surface area contributed by atoms with Gasteiger partial charge in [-0.15, -0.1) is 0 Å². The second kappa shape index (κ2) is 16.0. The molecule has 1 aliphatic heterocycles. The van der Waals surface area contributed by atoms with Gasteiger partial charge in [0.2, 0.25) is 5.78 Å². The molecule has 7 atom stereocenters. The zero-order valence-electron chi connectivity index (χ0n) is 31.0. The number of hydrogen-bond acceptors (Lipinski definition) is 16. The van der Waals surface area contributed by atoms with Crippen molar-refractivity contribution in [2.45, 2.75) is 87.2 Å². The number of carbonyl (C=O) groups excluding carboxylic acids is 3. The van der Waals surface area contributed by atoms with Crippen molar-refractivity contribution in [2.75, 3.05) is 26.9 Å². The molecule has 0 radical (unpaired) electrons. The number of methoxy groups -OCH3 is 1. The second-order valence-corrected chi connectivity index (χ2v) is 15.7. The van der Waals surface area contributed by atoms with Crippen LogP contribution in [0.1, 0.15) is 81.3 Å². The van der Waals surface area contributed by atoms with Crippen LogP contribution in [0.25, 0.3) is 0 Å². The Morgan fingerprint density at radius 2 is 1.77 bits per heavy atom. The predicted molar refractivity (Wildman–Crippen MR) is 194 cm³/mol. The van der Waals surface area contributed by atoms with Crippen molar-refractivity contribution in [3.63, 3.8) is 0 Å². The van der Waals surface area contributed by atoms with Crippen LogP contribution in [0.15, 0.2) is 47.4 Å². The lowest BCUT2D eigenvalue weighted by molar-refractivity contribution is -0.250. The number of aryl methyl sites for hydroxylation is 1. The number of phenolic OH excluding ortho intramolecular Hbond substituents is 2. The molecule has 0 aromatic heterocycles. The highest BCUT2D eigenvalue weighted by Crippen LogP contribution is 2.52. The Kier molecular flexibility index (Phi) is 11.7. The molecule has 0 bridgehead atoms. The summed E-state index contributed by atoms with van der Waals surface area (Å²) in [4.78, 5) is 40.5. The zero-order valence-corrected chi connectivity index (χ0v) is 31.8. The summed E-state index contributed by atoms with van der Waals surface area (Å²) in [5.74, 6) is -3.57. The number of aliphatic hydroxyl groups excluding tert-OH is 1. The number of aliphatic hydroxyl groups is 2. The first kappa shape index (κ1) is 40.9. The number of rotatable bonds is 13. The second-order valence-electron chi connectivity index (χ2n) is 14.1. The van der Waals surface area contributed by atoms with E-state index in [0.717, 1.165) is 12.5 Å². The van der Waals surface area contributed by atoms with Crippen molar-refractivity contribution < 1.29 is 66.4 Å². The quantitative estimate of drug-likeness (QED) is 0.0740. The fourth-order valence-corrected chi connectivity index (χ4v) is 8.24. The van der Waals surface area contributed by atoms with Gasteiger partial charge >= 0.3 is 0 Å². The molecule has 3 aromatic carbocycles. The number of nitrogens with zero attached hydrogens (tertiary/aromatic N) is 1. The predicted octanol–water partition coefficient (Wildman–Crippen LogP) is 2.28. The Hall–Kier alpha value is -4.77. The van der Waals surface area contributed by atoms with E-state index in [4.69, 9.17) is 23.1 Å². The lowest BCUT2D eigenvalue weighted by atomic mass is 9.72. The summed E-state index contributed by atoms with van der Waals surface area (Å²) >= 11 is 0. The van der Waals surface area contributed by atoms with Gasteiger partial charge in [-0.2, -0.15) is 13.7 Å². The molecule has 0 saturated carbocycles. The molecule has 0 spiro atoms. The van der Waals surface area contributed by atoms with Crippen LogP contribution in [-0.2, 0) is 39.7 Å². The van der Waals surface area contributed by atoms with Gasteiger partial charge in [-0.05, 0) is 39.0 Å². The van der Waals surface area contributed by atoms with E-state index in [2.05, 4.69) is 5.32 Å². The fourth-order valence-electron chi connectivity index (χ4n) is 7.35. The molecular weight excluding hydrogens is 752 g/mol. The molecule has 16 nitrogen and oxygen atoms in total. The number of ketones is 3. The van der Waals surface area contributed by atoms with E-state index in [1.54, 1.807) is 19.1 Å². The lowest BCUT2D eigenvalue weighted by Gasteiger charge is -2.43. The summed E-state index contributed by atoms with van der Waals surface area (Å²) < 4.78 is 53.0. The molecule has 2 aliphatic carbocycles. The van der Waals surface area contributed by atoms with Crippen LogP contribution in [0.4, 0.5) is 0 Å². The van der Waals surface area contributed by atoms with E-state index >= 15 is 0 Å². The molecule has 1 heterocycles. The standard InChI is InChI=1S/C39H42N2O14S/c1-19-8-10-23(11-9-19)56(49,50)53-13-12-52-18-22(17-40)41-26-14-29(54-20(2)34(26)43)55-28-16-39(48,21(3)42)15-25-31(28)38(47)33-32(36(25)45)35(44)24-6-5-7-27(51-4)30(24)37(33)46/h5-11,20,22,26,28-29,34,41,43,45,47-48H,12-16,18H2,1-4H3/t20-,22?,26?,28-,29-,34?,39-/m0/s1. The molecule has 1 fully saturated rings. The summed E-state index contributed by atoms with van der Waals surface area (Å²) in [5, 5.41) is 58.7. The Balaban J connectivity index is 1.20. The molecule has 3 aliphatic rings. The SMILES string of the molecule is COc1cccc2c1C(=O)c1c(O)c3c(c(O)c1C2=O)C[C@@](O)(C(C)=O)C[C@@H]3O[C@H]1CC(NC(C#N)COCCOS(=O)(=O)c2ccc(C)cc2)C(O)[C@H](C)O1. The number of ether oxygens (including phenoxy) is 4. The molecule has 0 amide bonds. The molecule has 3 unspecified atom stereocenters. The van der Waals surface area contributed by atoms with Crippen LogP contribution in [0.2, 0.25) is 0 Å². The first-order chi connectivity index (χ1) is 26.5. The van der Waals surface area contributed by atoms with Crippen molar-refractivity contribution >= 4 is 27.5 Å². The van der Waals surface area contributed by atoms with Gasteiger partial charge in [0.05, 0.1) is 72.9 Å². The summed E-state index contributed by atoms with van der Waals surface area (Å²) in [6.07, 6.45) is -5.69. The minimum Gasteiger partial charge on any atom is -0.507 e. The van der Waals surface area contributed by atoms with E-state index in [1.165, 1.54) is 37.4 Å². The molecule has 298 valence electrons. The van der Waals surface area contributed by atoms with Gasteiger partial charge in [0.1, 0.15) is 28.9 Å². The zero-order chi connectivity index (χ0) is 40.7. The maximum Gasteiger partial charge on any atom is 0.297 e. The monoisotopic (exact) mass is 794 g/mol. The number of nitriles is 1. The van der Waals surface area contributed by atoms with Crippen molar-refractivity contribution in [3.8, 4) is 23.3 Å². The lowest BCUT2D eigenvalue weighted by Crippen LogP contribution is -2.57. The Morgan fingerprint density at radius 1 is 1.07 bits per heavy atom. The van der Waals surface area contributed by atoms with Crippen LogP contribution >= 0.6 is 0 Å². The van der Waals surface area contributed by atoms with Crippen molar-refractivity contribution in [3.05, 3.63) is 81.4 Å². The van der Waals surface area contributed by atoms with E-state index < -0.39 is 105 Å². The highest BCUT2D eigenvalue weighted by molar-refractivity contribution is 7.86. The number of Topliss-reactive ketones (excluding diaryl/α,β-unsaturated/α-hetero) is 1. The normalized spacial score (nSPS) is 25.1. The molecule has 3 aromatic rings. The average molecular weight is 795 g/mol. The molecular formula is C39H42N2O14S. The minimum atomic E-state index is -4.02. The average Bonchev–Trinajstić information content (AvgIpc) is 3.16. The molecule has 5 N–H and O–H groups in total. The number of phenols is 2. The highest BCUT2D eigenvalue weighted by atomic mass is 32.2. The summed E-state index contributed by atoms with van der Waals surface area (Å²) in [6.45, 7) is 3.81. The third-order valence-corrected chi connectivity index (χ3v) is 11.7. The third kappa shape index (κ3) is 7.66. The smallest absolute Gasteiger partial charge is 0.297 e. The van der Waals surface area contributed by atoms with Crippen molar-refractivity contribution in [1.82, 2.24) is 5.32 Å². The summed E-state index contributed by atoms with van der Waals surface area (Å²) in [7, 11) is -2.71. The van der Waals surface area contributed by atoms with Gasteiger partial charge in [0.15, 0.2) is 17.9 Å². The van der Waals surface area contributed by atoms with Crippen LogP contribution < -0.4 is 10.1 Å². The van der Waals surface area contributed by atoms with Gasteiger partial charge in [-0.1, -0.05) is 29.8 Å².